The first kappa shape index (κ1) is 24.8. The molecule has 3 aromatic heterocycles. The minimum absolute atomic E-state index is 0.0226. The number of alkyl carbamates (subject to hydrolysis) is 1. The Morgan fingerprint density at radius 2 is 1.97 bits per heavy atom. The highest BCUT2D eigenvalue weighted by Crippen LogP contribution is 2.42. The number of nitrogens with one attached hydrogen (secondary N) is 1. The van der Waals surface area contributed by atoms with Crippen LogP contribution in [0, 0.1) is 0 Å². The number of carbonyl (C=O) groups is 1. The molecule has 200 valence electrons. The molecule has 0 bridgehead atoms. The molecule has 1 saturated carbocycles. The van der Waals surface area contributed by atoms with Crippen molar-refractivity contribution < 1.29 is 18.7 Å². The van der Waals surface area contributed by atoms with Crippen LogP contribution in [0.15, 0.2) is 41.2 Å². The lowest BCUT2D eigenvalue weighted by Gasteiger charge is -2.38. The number of piperidine rings is 1. The summed E-state index contributed by atoms with van der Waals surface area (Å²) in [7, 11) is 0. The van der Waals surface area contributed by atoms with Gasteiger partial charge in [-0.3, -0.25) is 9.97 Å². The van der Waals surface area contributed by atoms with Gasteiger partial charge in [-0.05, 0) is 76.1 Å². The molecule has 6 rings (SSSR count). The Morgan fingerprint density at radius 3 is 2.66 bits per heavy atom. The fourth-order valence-electron chi connectivity index (χ4n) is 5.09. The Hall–Kier alpha value is -3.53. The molecular formula is C28H34N6O4. The highest BCUT2D eigenvalue weighted by atomic mass is 16.6. The summed E-state index contributed by atoms with van der Waals surface area (Å²) in [4.78, 5) is 23.7. The molecule has 10 nitrogen and oxygen atoms in total. The first-order valence-corrected chi connectivity index (χ1v) is 13.4. The molecule has 1 atom stereocenters. The maximum absolute atomic E-state index is 12.2. The van der Waals surface area contributed by atoms with Gasteiger partial charge < -0.3 is 24.1 Å². The van der Waals surface area contributed by atoms with Crippen LogP contribution < -0.4 is 10.2 Å². The fraction of sp³-hybridized carbons (Fsp3) is 0.536. The normalized spacial score (nSPS) is 21.0. The van der Waals surface area contributed by atoms with Crippen molar-refractivity contribution in [1.29, 1.82) is 0 Å². The summed E-state index contributed by atoms with van der Waals surface area (Å²) in [6.45, 7) is 8.08. The topological polar surface area (TPSA) is 116 Å². The number of nitrogens with zero attached hydrogens (tertiary/aromatic N) is 5. The number of hydrogen-bond acceptors (Lipinski definition) is 9. The molecule has 2 saturated heterocycles. The average Bonchev–Trinajstić information content (AvgIpc) is 3.60. The quantitative estimate of drug-likeness (QED) is 0.512. The number of hydrogen-bond donors (Lipinski definition) is 1. The van der Waals surface area contributed by atoms with Crippen molar-refractivity contribution in [3.05, 3.63) is 53.9 Å². The SMILES string of the molecule is CC(C)(C)OC(=O)N[C@@H]1CCCN(c2ccc(C3(c4nnc(-c5cncc(C6CC6)c5)o4)COC3)nc2)C1. The average molecular weight is 519 g/mol. The molecular weight excluding hydrogens is 484 g/mol. The van der Waals surface area contributed by atoms with E-state index in [4.69, 9.17) is 18.9 Å². The van der Waals surface area contributed by atoms with E-state index in [0.717, 1.165) is 36.3 Å². The molecule has 1 amide bonds. The van der Waals surface area contributed by atoms with Gasteiger partial charge in [0.15, 0.2) is 0 Å². The highest BCUT2D eigenvalue weighted by Gasteiger charge is 2.48. The third-order valence-corrected chi connectivity index (χ3v) is 7.33. The zero-order valence-corrected chi connectivity index (χ0v) is 22.1. The van der Waals surface area contributed by atoms with E-state index >= 15 is 0 Å². The zero-order valence-electron chi connectivity index (χ0n) is 22.1. The van der Waals surface area contributed by atoms with Gasteiger partial charge in [-0.15, -0.1) is 10.2 Å². The first-order valence-electron chi connectivity index (χ1n) is 13.4. The Balaban J connectivity index is 1.15. The minimum Gasteiger partial charge on any atom is -0.444 e. The van der Waals surface area contributed by atoms with Crippen LogP contribution in [0.3, 0.4) is 0 Å². The number of ether oxygens (including phenoxy) is 2. The Morgan fingerprint density at radius 1 is 1.13 bits per heavy atom. The van der Waals surface area contributed by atoms with E-state index in [9.17, 15) is 4.79 Å². The third-order valence-electron chi connectivity index (χ3n) is 7.33. The summed E-state index contributed by atoms with van der Waals surface area (Å²) < 4.78 is 17.2. The molecule has 0 aromatic carbocycles. The second-order valence-corrected chi connectivity index (χ2v) is 11.6. The molecule has 1 N–H and O–H groups in total. The smallest absolute Gasteiger partial charge is 0.407 e. The van der Waals surface area contributed by atoms with Gasteiger partial charge >= 0.3 is 6.09 Å². The Kier molecular flexibility index (Phi) is 6.29. The van der Waals surface area contributed by atoms with Gasteiger partial charge in [0.1, 0.15) is 11.0 Å². The third kappa shape index (κ3) is 5.09. The van der Waals surface area contributed by atoms with Crippen molar-refractivity contribution in [2.75, 3.05) is 31.2 Å². The minimum atomic E-state index is -0.561. The van der Waals surface area contributed by atoms with E-state index in [0.29, 0.717) is 37.5 Å². The van der Waals surface area contributed by atoms with Gasteiger partial charge in [-0.25, -0.2) is 4.79 Å². The molecule has 0 spiro atoms. The molecule has 3 fully saturated rings. The van der Waals surface area contributed by atoms with Crippen LogP contribution in [-0.4, -0.2) is 64.2 Å². The molecule has 3 aliphatic rings. The van der Waals surface area contributed by atoms with E-state index in [-0.39, 0.29) is 12.1 Å². The van der Waals surface area contributed by atoms with Crippen molar-refractivity contribution in [3.8, 4) is 11.5 Å². The predicted octanol–water partition coefficient (Wildman–Crippen LogP) is 4.21. The molecule has 0 unspecified atom stereocenters. The number of amides is 1. The first-order chi connectivity index (χ1) is 18.3. The van der Waals surface area contributed by atoms with Crippen molar-refractivity contribution in [1.82, 2.24) is 25.5 Å². The van der Waals surface area contributed by atoms with Crippen LogP contribution in [0.4, 0.5) is 10.5 Å². The molecule has 38 heavy (non-hydrogen) atoms. The zero-order chi connectivity index (χ0) is 26.3. The molecule has 2 aliphatic heterocycles. The lowest BCUT2D eigenvalue weighted by atomic mass is 9.82. The van der Waals surface area contributed by atoms with Crippen molar-refractivity contribution in [2.45, 2.75) is 69.4 Å². The standard InChI is InChI=1S/C28H34N6O4/c1-27(2,3)38-26(35)31-21-5-4-10-34(15-21)22-8-9-23(30-14-22)28(16-36-17-28)25-33-32-24(37-25)20-11-19(12-29-13-20)18-6-7-18/h8-9,11-14,18,21H,4-7,10,15-17H2,1-3H3,(H,31,35)/t21-/m1/s1. The van der Waals surface area contributed by atoms with Crippen LogP contribution in [0.25, 0.3) is 11.5 Å². The van der Waals surface area contributed by atoms with Crippen molar-refractivity contribution >= 4 is 11.8 Å². The molecule has 10 heteroatoms. The van der Waals surface area contributed by atoms with E-state index in [2.05, 4.69) is 37.5 Å². The number of pyridine rings is 2. The number of rotatable bonds is 6. The lowest BCUT2D eigenvalue weighted by Crippen LogP contribution is -2.49. The van der Waals surface area contributed by atoms with Gasteiger partial charge in [0.2, 0.25) is 11.8 Å². The Labute approximate surface area is 222 Å². The van der Waals surface area contributed by atoms with Gasteiger partial charge in [-0.2, -0.15) is 0 Å². The van der Waals surface area contributed by atoms with Gasteiger partial charge in [0, 0.05) is 31.5 Å². The maximum Gasteiger partial charge on any atom is 0.407 e. The number of carbonyl (C=O) groups excluding carboxylic acids is 1. The summed E-state index contributed by atoms with van der Waals surface area (Å²) >= 11 is 0. The lowest BCUT2D eigenvalue weighted by molar-refractivity contribution is -0.0520. The van der Waals surface area contributed by atoms with Gasteiger partial charge in [-0.1, -0.05) is 0 Å². The maximum atomic E-state index is 12.2. The second-order valence-electron chi connectivity index (χ2n) is 11.6. The summed E-state index contributed by atoms with van der Waals surface area (Å²) in [6, 6.07) is 6.21. The molecule has 1 aliphatic carbocycles. The largest absolute Gasteiger partial charge is 0.444 e. The summed E-state index contributed by atoms with van der Waals surface area (Å²) in [5, 5.41) is 11.7. The molecule has 0 radical (unpaired) electrons. The predicted molar refractivity (Wildman–Crippen MR) is 140 cm³/mol. The monoisotopic (exact) mass is 518 g/mol. The van der Waals surface area contributed by atoms with Crippen LogP contribution in [0.5, 0.6) is 0 Å². The molecule has 5 heterocycles. The highest BCUT2D eigenvalue weighted by molar-refractivity contribution is 5.68. The van der Waals surface area contributed by atoms with E-state index in [1.165, 1.54) is 18.4 Å². The summed E-state index contributed by atoms with van der Waals surface area (Å²) in [5.74, 6) is 1.58. The second kappa shape index (κ2) is 9.65. The van der Waals surface area contributed by atoms with Gasteiger partial charge in [0.25, 0.3) is 0 Å². The van der Waals surface area contributed by atoms with E-state index in [1.807, 2.05) is 39.2 Å². The van der Waals surface area contributed by atoms with Crippen LogP contribution in [0.2, 0.25) is 0 Å². The summed E-state index contributed by atoms with van der Waals surface area (Å²) in [5.41, 5.74) is 2.83. The van der Waals surface area contributed by atoms with Crippen LogP contribution in [-0.2, 0) is 14.9 Å². The van der Waals surface area contributed by atoms with Gasteiger partial charge in [0.05, 0.1) is 36.4 Å². The van der Waals surface area contributed by atoms with Crippen LogP contribution >= 0.6 is 0 Å². The summed E-state index contributed by atoms with van der Waals surface area (Å²) in [6.07, 6.45) is 9.50. The van der Waals surface area contributed by atoms with Crippen LogP contribution in [0.1, 0.15) is 69.5 Å². The fourth-order valence-corrected chi connectivity index (χ4v) is 5.09. The molecule has 3 aromatic rings. The van der Waals surface area contributed by atoms with Crippen molar-refractivity contribution in [2.24, 2.45) is 0 Å². The number of anilines is 1. The van der Waals surface area contributed by atoms with E-state index < -0.39 is 11.0 Å². The Bertz CT molecular complexity index is 1290. The van der Waals surface area contributed by atoms with E-state index in [1.54, 1.807) is 6.20 Å². The van der Waals surface area contributed by atoms with Crippen molar-refractivity contribution in [3.63, 3.8) is 0 Å². The number of aromatic nitrogens is 4.